The van der Waals surface area contributed by atoms with Crippen LogP contribution in [0.3, 0.4) is 0 Å². The summed E-state index contributed by atoms with van der Waals surface area (Å²) in [7, 11) is 0. The van der Waals surface area contributed by atoms with E-state index >= 15 is 0 Å². The second-order valence-corrected chi connectivity index (χ2v) is 4.25. The molecule has 0 aliphatic heterocycles. The number of nitrogens with one attached hydrogen (secondary N) is 1. The lowest BCUT2D eigenvalue weighted by Crippen LogP contribution is -2.23. The predicted octanol–water partition coefficient (Wildman–Crippen LogP) is 1.64. The third-order valence-corrected chi connectivity index (χ3v) is 2.89. The van der Waals surface area contributed by atoms with E-state index in [1.807, 2.05) is 6.07 Å². The zero-order chi connectivity index (χ0) is 14.8. The van der Waals surface area contributed by atoms with Crippen LogP contribution in [0.4, 0.5) is 11.5 Å². The first kappa shape index (κ1) is 12.6. The normalized spacial score (nSPS) is 10.2. The highest BCUT2D eigenvalue weighted by molar-refractivity contribution is 5.88. The number of fused-ring (bicyclic) bond motifs is 1. The lowest BCUT2D eigenvalue weighted by Gasteiger charge is -2.09. The van der Waals surface area contributed by atoms with Crippen molar-refractivity contribution in [2.75, 3.05) is 5.32 Å². The monoisotopic (exact) mass is 279 g/mol. The Labute approximate surface area is 118 Å². The van der Waals surface area contributed by atoms with Crippen LogP contribution in [-0.2, 0) is 0 Å². The van der Waals surface area contributed by atoms with Gasteiger partial charge in [-0.2, -0.15) is 10.2 Å². The third kappa shape index (κ3) is 2.26. The fourth-order valence-corrected chi connectivity index (χ4v) is 1.94. The fraction of sp³-hybridized carbons (Fsp3) is 0. The van der Waals surface area contributed by atoms with Crippen molar-refractivity contribution < 1.29 is 5.21 Å². The Morgan fingerprint density at radius 1 is 1.29 bits per heavy atom. The summed E-state index contributed by atoms with van der Waals surface area (Å²) < 4.78 is 0.395. The van der Waals surface area contributed by atoms with Crippen molar-refractivity contribution in [2.24, 2.45) is 0 Å². The van der Waals surface area contributed by atoms with Gasteiger partial charge in [0.05, 0.1) is 17.0 Å². The van der Waals surface area contributed by atoms with Crippen molar-refractivity contribution in [2.45, 2.75) is 0 Å². The molecule has 2 heterocycles. The topological polar surface area (TPSA) is 104 Å². The molecule has 0 saturated heterocycles. The van der Waals surface area contributed by atoms with Gasteiger partial charge in [-0.1, -0.05) is 6.07 Å². The number of pyridine rings is 1. The Balaban J connectivity index is 2.15. The van der Waals surface area contributed by atoms with Gasteiger partial charge in [0.1, 0.15) is 5.82 Å². The molecule has 2 N–H and O–H groups in total. The zero-order valence-corrected chi connectivity index (χ0v) is 10.7. The van der Waals surface area contributed by atoms with Crippen LogP contribution in [0.5, 0.6) is 0 Å². The predicted molar refractivity (Wildman–Crippen MR) is 75.4 cm³/mol. The van der Waals surface area contributed by atoms with Crippen LogP contribution < -0.4 is 11.0 Å². The Kier molecular flexibility index (Phi) is 2.97. The number of hydrogen-bond acceptors (Lipinski definition) is 6. The molecule has 21 heavy (non-hydrogen) atoms. The van der Waals surface area contributed by atoms with E-state index in [-0.39, 0.29) is 11.5 Å². The molecule has 3 aromatic rings. The van der Waals surface area contributed by atoms with Crippen LogP contribution in [0, 0.1) is 11.3 Å². The molecule has 0 atom stereocenters. The highest BCUT2D eigenvalue weighted by Gasteiger charge is 2.10. The molecular formula is C14H9N5O2. The van der Waals surface area contributed by atoms with Gasteiger partial charge in [-0.25, -0.2) is 9.78 Å². The van der Waals surface area contributed by atoms with Crippen LogP contribution in [0.2, 0.25) is 0 Å². The number of nitrogens with zero attached hydrogens (tertiary/aromatic N) is 4. The molecule has 0 aliphatic carbocycles. The summed E-state index contributed by atoms with van der Waals surface area (Å²) in [5.74, 6) is 0.267. The molecule has 0 fully saturated rings. The Morgan fingerprint density at radius 3 is 2.95 bits per heavy atom. The molecule has 2 aromatic heterocycles. The summed E-state index contributed by atoms with van der Waals surface area (Å²) in [5, 5.41) is 22.0. The van der Waals surface area contributed by atoms with E-state index in [0.717, 1.165) is 0 Å². The van der Waals surface area contributed by atoms with Crippen molar-refractivity contribution >= 4 is 22.5 Å². The lowest BCUT2D eigenvalue weighted by atomic mass is 10.2. The summed E-state index contributed by atoms with van der Waals surface area (Å²) in [6.07, 6.45) is 1.47. The van der Waals surface area contributed by atoms with Crippen LogP contribution in [0.1, 0.15) is 5.56 Å². The minimum atomic E-state index is -0.833. The summed E-state index contributed by atoms with van der Waals surface area (Å²) in [6, 6.07) is 12.1. The highest BCUT2D eigenvalue weighted by atomic mass is 16.5. The van der Waals surface area contributed by atoms with Crippen molar-refractivity contribution in [1.82, 2.24) is 14.7 Å². The molecule has 0 unspecified atom stereocenters. The first-order valence-corrected chi connectivity index (χ1v) is 6.03. The van der Waals surface area contributed by atoms with E-state index in [1.165, 1.54) is 6.20 Å². The largest absolute Gasteiger partial charge is 0.422 e. The standard InChI is InChI=1S/C14H9N5O2/c15-8-9-3-1-4-10(7-9)17-12-11-5-2-6-16-13(11)19(21)14(20)18-12/h1-7,21H,(H,17,18,20). The molecule has 0 aliphatic rings. The lowest BCUT2D eigenvalue weighted by molar-refractivity contribution is 0.182. The Morgan fingerprint density at radius 2 is 2.14 bits per heavy atom. The van der Waals surface area contributed by atoms with Crippen molar-refractivity contribution in [3.8, 4) is 6.07 Å². The van der Waals surface area contributed by atoms with Gasteiger partial charge in [0.15, 0.2) is 5.65 Å². The fourth-order valence-electron chi connectivity index (χ4n) is 1.94. The van der Waals surface area contributed by atoms with Crippen molar-refractivity contribution in [1.29, 1.82) is 5.26 Å². The zero-order valence-electron chi connectivity index (χ0n) is 10.7. The second-order valence-electron chi connectivity index (χ2n) is 4.25. The van der Waals surface area contributed by atoms with Crippen LogP contribution in [-0.4, -0.2) is 19.9 Å². The first-order valence-electron chi connectivity index (χ1n) is 6.03. The van der Waals surface area contributed by atoms with E-state index in [1.54, 1.807) is 36.4 Å². The number of anilines is 2. The minimum Gasteiger partial charge on any atom is -0.422 e. The average Bonchev–Trinajstić information content (AvgIpc) is 2.52. The molecule has 1 aromatic carbocycles. The summed E-state index contributed by atoms with van der Waals surface area (Å²) >= 11 is 0. The SMILES string of the molecule is N#Cc1cccc(Nc2nc(=O)n(O)c3ncccc23)c1. The van der Waals surface area contributed by atoms with Crippen LogP contribution >= 0.6 is 0 Å². The maximum atomic E-state index is 11.6. The van der Waals surface area contributed by atoms with Gasteiger partial charge >= 0.3 is 5.69 Å². The molecule has 0 spiro atoms. The summed E-state index contributed by atoms with van der Waals surface area (Å²) in [4.78, 5) is 19.4. The van der Waals surface area contributed by atoms with Gasteiger partial charge in [0.2, 0.25) is 0 Å². The number of nitriles is 1. The molecule has 102 valence electrons. The highest BCUT2D eigenvalue weighted by Crippen LogP contribution is 2.21. The van der Waals surface area contributed by atoms with Gasteiger partial charge in [-0.05, 0) is 30.3 Å². The number of hydrogen-bond donors (Lipinski definition) is 2. The van der Waals surface area contributed by atoms with Crippen LogP contribution in [0.15, 0.2) is 47.4 Å². The molecular weight excluding hydrogens is 270 g/mol. The smallest absolute Gasteiger partial charge is 0.384 e. The van der Waals surface area contributed by atoms with Gasteiger partial charge in [0, 0.05) is 11.9 Å². The first-order chi connectivity index (χ1) is 10.2. The Bertz CT molecular complexity index is 927. The van der Waals surface area contributed by atoms with Crippen molar-refractivity contribution in [3.05, 3.63) is 58.6 Å². The average molecular weight is 279 g/mol. The number of benzene rings is 1. The number of rotatable bonds is 2. The van der Waals surface area contributed by atoms with E-state index in [2.05, 4.69) is 15.3 Å². The van der Waals surface area contributed by atoms with Gasteiger partial charge in [-0.15, -0.1) is 4.73 Å². The quantitative estimate of drug-likeness (QED) is 0.691. The molecule has 0 saturated carbocycles. The van der Waals surface area contributed by atoms with E-state index in [4.69, 9.17) is 5.26 Å². The second kappa shape index (κ2) is 4.94. The van der Waals surface area contributed by atoms with Gasteiger partial charge in [-0.3, -0.25) is 0 Å². The van der Waals surface area contributed by atoms with E-state index in [0.29, 0.717) is 21.4 Å². The molecule has 7 nitrogen and oxygen atoms in total. The summed E-state index contributed by atoms with van der Waals surface area (Å²) in [6.45, 7) is 0. The van der Waals surface area contributed by atoms with Gasteiger partial charge in [0.25, 0.3) is 0 Å². The maximum Gasteiger partial charge on any atom is 0.384 e. The molecule has 0 amide bonds. The van der Waals surface area contributed by atoms with E-state index < -0.39 is 5.69 Å². The molecule has 0 radical (unpaired) electrons. The molecule has 7 heteroatoms. The van der Waals surface area contributed by atoms with Gasteiger partial charge < -0.3 is 10.5 Å². The summed E-state index contributed by atoms with van der Waals surface area (Å²) in [5.41, 5.74) is 0.372. The third-order valence-electron chi connectivity index (χ3n) is 2.89. The molecule has 3 rings (SSSR count). The number of aromatic nitrogens is 3. The van der Waals surface area contributed by atoms with E-state index in [9.17, 15) is 10.0 Å². The van der Waals surface area contributed by atoms with Crippen LogP contribution in [0.25, 0.3) is 11.0 Å². The maximum absolute atomic E-state index is 11.6. The van der Waals surface area contributed by atoms with Crippen molar-refractivity contribution in [3.63, 3.8) is 0 Å². The minimum absolute atomic E-state index is 0.108. The Hall–Kier alpha value is -3.40. The molecule has 0 bridgehead atoms.